The fourth-order valence-electron chi connectivity index (χ4n) is 0.704. The molecule has 4 heteroatoms. The van der Waals surface area contributed by atoms with Crippen molar-refractivity contribution in [2.75, 3.05) is 26.7 Å². The lowest BCUT2D eigenvalue weighted by Crippen LogP contribution is -3.10. The van der Waals surface area contributed by atoms with Gasteiger partial charge in [-0.2, -0.15) is 0 Å². The zero-order chi connectivity index (χ0) is 7.28. The van der Waals surface area contributed by atoms with Gasteiger partial charge in [0.05, 0.1) is 13.7 Å². The van der Waals surface area contributed by atoms with E-state index in [9.17, 15) is 4.79 Å². The summed E-state index contributed by atoms with van der Waals surface area (Å²) in [5.41, 5.74) is 0. The van der Waals surface area contributed by atoms with Gasteiger partial charge in [-0.05, 0) is 0 Å². The zero-order valence-electron chi connectivity index (χ0n) is 6.35. The monoisotopic (exact) mass is 211 g/mol. The average Bonchev–Trinajstić information content (AvgIpc) is 1.63. The van der Waals surface area contributed by atoms with Crippen LogP contribution in [-0.2, 0) is 4.79 Å². The molecule has 0 saturated carbocycles. The van der Waals surface area contributed by atoms with Gasteiger partial charge < -0.3 is 27.0 Å². The molecule has 2 N–H and O–H groups in total. The van der Waals surface area contributed by atoms with E-state index in [0.717, 1.165) is 4.90 Å². The van der Waals surface area contributed by atoms with Crippen molar-refractivity contribution in [1.82, 2.24) is 0 Å². The van der Waals surface area contributed by atoms with Crippen LogP contribution in [-0.4, -0.2) is 37.6 Å². The molecule has 1 unspecified atom stereocenters. The third kappa shape index (κ3) is 8.07. The Morgan fingerprint density at radius 3 is 2.40 bits per heavy atom. The number of aliphatic hydroxyl groups is 1. The van der Waals surface area contributed by atoms with Gasteiger partial charge in [0.25, 0.3) is 0 Å². The topological polar surface area (TPSA) is 41.7 Å². The lowest BCUT2D eigenvalue weighted by atomic mass is 10.4. The van der Waals surface area contributed by atoms with Gasteiger partial charge in [0, 0.05) is 6.92 Å². The van der Waals surface area contributed by atoms with Crippen LogP contribution in [0.5, 0.6) is 0 Å². The maximum atomic E-state index is 10.4. The van der Waals surface area contributed by atoms with Crippen LogP contribution in [0.15, 0.2) is 0 Å². The van der Waals surface area contributed by atoms with Gasteiger partial charge in [-0.15, -0.1) is 0 Å². The van der Waals surface area contributed by atoms with Crippen LogP contribution in [0.2, 0.25) is 0 Å². The molecule has 0 saturated heterocycles. The van der Waals surface area contributed by atoms with Crippen molar-refractivity contribution in [3.8, 4) is 0 Å². The Bertz CT molecular complexity index is 97.7. The molecule has 0 amide bonds. The van der Waals surface area contributed by atoms with Crippen LogP contribution in [0.4, 0.5) is 0 Å². The quantitative estimate of drug-likeness (QED) is 0.490. The molecule has 0 heterocycles. The molecule has 0 rings (SSSR count). The first-order valence-corrected chi connectivity index (χ1v) is 3.08. The molecule has 0 aliphatic rings. The zero-order valence-corrected chi connectivity index (χ0v) is 7.94. The SMILES string of the molecule is CC(=O)C[NH+](C)CCO.[Br-]. The number of Topliss-reactive ketones (excluding diaryl/α,β-unsaturated/α-hetero) is 1. The molecule has 0 aromatic heterocycles. The standard InChI is InChI=1S/C6H13NO2.BrH/c1-6(9)5-7(2)3-4-8;/h8H,3-5H2,1-2H3;1H. The lowest BCUT2D eigenvalue weighted by Gasteiger charge is -2.08. The summed E-state index contributed by atoms with van der Waals surface area (Å²) in [5, 5.41) is 8.42. The normalized spacial score (nSPS) is 11.9. The van der Waals surface area contributed by atoms with E-state index in [1.807, 2.05) is 7.05 Å². The number of halogens is 1. The van der Waals surface area contributed by atoms with Gasteiger partial charge in [0.1, 0.15) is 13.1 Å². The highest BCUT2D eigenvalue weighted by Crippen LogP contribution is 1.55. The van der Waals surface area contributed by atoms with Crippen LogP contribution >= 0.6 is 0 Å². The molecule has 0 aromatic carbocycles. The van der Waals surface area contributed by atoms with Crippen LogP contribution in [0.3, 0.4) is 0 Å². The Kier molecular flexibility index (Phi) is 9.13. The summed E-state index contributed by atoms with van der Waals surface area (Å²) in [5.74, 6) is 0.168. The first-order chi connectivity index (χ1) is 4.16. The van der Waals surface area contributed by atoms with E-state index in [1.165, 1.54) is 0 Å². The Balaban J connectivity index is 0. The van der Waals surface area contributed by atoms with Crippen molar-refractivity contribution in [1.29, 1.82) is 0 Å². The minimum atomic E-state index is 0. The predicted molar refractivity (Wildman–Crippen MR) is 34.4 cm³/mol. The molecule has 1 atom stereocenters. The lowest BCUT2D eigenvalue weighted by molar-refractivity contribution is -0.871. The van der Waals surface area contributed by atoms with E-state index in [2.05, 4.69) is 0 Å². The summed E-state index contributed by atoms with van der Waals surface area (Å²) in [6, 6.07) is 0. The first-order valence-electron chi connectivity index (χ1n) is 3.08. The number of carbonyl (C=O) groups excluding carboxylic acids is 1. The molecule has 10 heavy (non-hydrogen) atoms. The van der Waals surface area contributed by atoms with Crippen molar-refractivity contribution in [3.63, 3.8) is 0 Å². The summed E-state index contributed by atoms with van der Waals surface area (Å²) >= 11 is 0. The number of ketones is 1. The van der Waals surface area contributed by atoms with Gasteiger partial charge in [-0.1, -0.05) is 0 Å². The average molecular weight is 212 g/mol. The molecule has 0 fully saturated rings. The van der Waals surface area contributed by atoms with Gasteiger partial charge in [-0.3, -0.25) is 4.79 Å². The highest BCUT2D eigenvalue weighted by molar-refractivity contribution is 5.76. The van der Waals surface area contributed by atoms with E-state index in [0.29, 0.717) is 13.1 Å². The van der Waals surface area contributed by atoms with Crippen LogP contribution in [0.1, 0.15) is 6.92 Å². The third-order valence-electron chi connectivity index (χ3n) is 1.09. The predicted octanol–water partition coefficient (Wildman–Crippen LogP) is -4.91. The number of quaternary nitrogens is 1. The number of aliphatic hydroxyl groups excluding tert-OH is 1. The summed E-state index contributed by atoms with van der Waals surface area (Å²) in [7, 11) is 1.89. The Morgan fingerprint density at radius 1 is 1.60 bits per heavy atom. The second kappa shape index (κ2) is 7.18. The number of nitrogens with one attached hydrogen (secondary N) is 1. The van der Waals surface area contributed by atoms with Crippen molar-refractivity contribution in [3.05, 3.63) is 0 Å². The summed E-state index contributed by atoms with van der Waals surface area (Å²) in [6.45, 7) is 2.88. The molecule has 0 aliphatic heterocycles. The van der Waals surface area contributed by atoms with Crippen LogP contribution < -0.4 is 21.9 Å². The van der Waals surface area contributed by atoms with Crippen LogP contribution in [0, 0.1) is 0 Å². The smallest absolute Gasteiger partial charge is 0.183 e. The number of hydrogen-bond donors (Lipinski definition) is 2. The van der Waals surface area contributed by atoms with Gasteiger partial charge in [-0.25, -0.2) is 0 Å². The van der Waals surface area contributed by atoms with Gasteiger partial charge in [0.2, 0.25) is 0 Å². The Labute approximate surface area is 71.8 Å². The molecular weight excluding hydrogens is 198 g/mol. The maximum Gasteiger partial charge on any atom is 0.183 e. The molecule has 0 aliphatic carbocycles. The number of carbonyl (C=O) groups is 1. The van der Waals surface area contributed by atoms with Crippen molar-refractivity contribution in [2.45, 2.75) is 6.92 Å². The summed E-state index contributed by atoms with van der Waals surface area (Å²) < 4.78 is 0. The minimum absolute atomic E-state index is 0. The first kappa shape index (κ1) is 12.7. The van der Waals surface area contributed by atoms with E-state index >= 15 is 0 Å². The molecule has 3 nitrogen and oxygen atoms in total. The molecule has 0 radical (unpaired) electrons. The molecular formula is C6H14BrNO2. The highest BCUT2D eigenvalue weighted by Gasteiger charge is 2.02. The fraction of sp³-hybridized carbons (Fsp3) is 0.833. The second-order valence-corrected chi connectivity index (χ2v) is 2.31. The van der Waals surface area contributed by atoms with Crippen molar-refractivity contribution < 1.29 is 31.8 Å². The second-order valence-electron chi connectivity index (χ2n) is 2.31. The van der Waals surface area contributed by atoms with Crippen molar-refractivity contribution >= 4 is 5.78 Å². The van der Waals surface area contributed by atoms with E-state index in [1.54, 1.807) is 6.92 Å². The molecule has 0 spiro atoms. The highest BCUT2D eigenvalue weighted by atomic mass is 79.9. The number of hydrogen-bond acceptors (Lipinski definition) is 2. The van der Waals surface area contributed by atoms with Gasteiger partial charge in [0.15, 0.2) is 5.78 Å². The maximum absolute atomic E-state index is 10.4. The Morgan fingerprint density at radius 2 is 2.10 bits per heavy atom. The minimum Gasteiger partial charge on any atom is -1.00 e. The molecule has 0 bridgehead atoms. The largest absolute Gasteiger partial charge is 1.00 e. The van der Waals surface area contributed by atoms with Crippen molar-refractivity contribution in [2.24, 2.45) is 0 Å². The van der Waals surface area contributed by atoms with E-state index in [-0.39, 0.29) is 29.4 Å². The summed E-state index contributed by atoms with van der Waals surface area (Å²) in [4.78, 5) is 11.5. The van der Waals surface area contributed by atoms with Crippen LogP contribution in [0.25, 0.3) is 0 Å². The molecule has 62 valence electrons. The number of rotatable bonds is 4. The molecule has 0 aromatic rings. The van der Waals surface area contributed by atoms with E-state index < -0.39 is 0 Å². The number of likely N-dealkylation sites (N-methyl/N-ethyl adjacent to an activating group) is 1. The van der Waals surface area contributed by atoms with E-state index in [4.69, 9.17) is 5.11 Å². The van der Waals surface area contributed by atoms with Gasteiger partial charge >= 0.3 is 0 Å². The fourth-order valence-corrected chi connectivity index (χ4v) is 0.704. The third-order valence-corrected chi connectivity index (χ3v) is 1.09. The Hall–Kier alpha value is 0.0700. The summed E-state index contributed by atoms with van der Waals surface area (Å²) in [6.07, 6.45) is 0.